The number of aryl methyl sites for hydroxylation is 1. The first kappa shape index (κ1) is 24.1. The smallest absolute Gasteiger partial charge is 0.346 e. The molecule has 1 aromatic heterocycles. The Labute approximate surface area is 187 Å². The van der Waals surface area contributed by atoms with E-state index in [0.717, 1.165) is 22.9 Å². The molecule has 0 saturated heterocycles. The van der Waals surface area contributed by atoms with E-state index < -0.39 is 38.8 Å². The number of carbonyl (C=O) groups excluding carboxylic acids is 1. The summed E-state index contributed by atoms with van der Waals surface area (Å²) in [5, 5.41) is 6.47. The number of aromatic nitrogens is 2. The Hall–Kier alpha value is -3.51. The quantitative estimate of drug-likeness (QED) is 0.563. The van der Waals surface area contributed by atoms with Crippen molar-refractivity contribution in [2.75, 3.05) is 7.05 Å². The molecular formula is C21H19F3N4O4S. The van der Waals surface area contributed by atoms with Gasteiger partial charge in [-0.2, -0.15) is 18.3 Å². The fourth-order valence-corrected chi connectivity index (χ4v) is 3.68. The van der Waals surface area contributed by atoms with Crippen LogP contribution in [0.25, 0.3) is 5.69 Å². The van der Waals surface area contributed by atoms with Gasteiger partial charge in [0.05, 0.1) is 16.1 Å². The zero-order valence-corrected chi connectivity index (χ0v) is 18.3. The fraction of sp³-hybridized carbons (Fsp3) is 0.190. The number of alkyl halides is 3. The molecule has 33 heavy (non-hydrogen) atoms. The number of hydrogen-bond donors (Lipinski definition) is 2. The van der Waals surface area contributed by atoms with E-state index in [0.29, 0.717) is 5.56 Å². The van der Waals surface area contributed by atoms with Crippen LogP contribution in [0.5, 0.6) is 0 Å². The highest BCUT2D eigenvalue weighted by Crippen LogP contribution is 2.30. The van der Waals surface area contributed by atoms with E-state index in [9.17, 15) is 31.2 Å². The standard InChI is InChI=1S/C21H19F3N4O4S/c1-13-10-18(29)19(27-28(13)16-5-3-4-15(11-16)21(22,23)24)20(30)26-12-14-6-8-17(9-7-14)33(31,32)25-2/h3-11,25H,12H2,1-2H3,(H,26,30). The molecule has 12 heteroatoms. The van der Waals surface area contributed by atoms with Crippen LogP contribution in [0.4, 0.5) is 13.2 Å². The second-order valence-corrected chi connectivity index (χ2v) is 8.88. The van der Waals surface area contributed by atoms with Gasteiger partial charge in [-0.25, -0.2) is 17.8 Å². The number of carbonyl (C=O) groups is 1. The Morgan fingerprint density at radius 2 is 1.76 bits per heavy atom. The van der Waals surface area contributed by atoms with E-state index in [1.807, 2.05) is 0 Å². The van der Waals surface area contributed by atoms with Crippen LogP contribution >= 0.6 is 0 Å². The number of benzene rings is 2. The molecule has 0 fully saturated rings. The van der Waals surface area contributed by atoms with Gasteiger partial charge >= 0.3 is 6.18 Å². The van der Waals surface area contributed by atoms with Crippen molar-refractivity contribution in [2.45, 2.75) is 24.5 Å². The predicted octanol–water partition coefficient (Wildman–Crippen LogP) is 2.40. The summed E-state index contributed by atoms with van der Waals surface area (Å²) in [5.74, 6) is -0.826. The third-order valence-corrected chi connectivity index (χ3v) is 6.13. The van der Waals surface area contributed by atoms with Crippen LogP contribution in [0, 0.1) is 6.92 Å². The lowest BCUT2D eigenvalue weighted by molar-refractivity contribution is -0.137. The second kappa shape index (κ2) is 9.16. The van der Waals surface area contributed by atoms with Crippen LogP contribution in [0.15, 0.2) is 64.3 Å². The highest BCUT2D eigenvalue weighted by atomic mass is 32.2. The fourth-order valence-electron chi connectivity index (χ4n) is 2.95. The molecule has 2 aromatic carbocycles. The maximum absolute atomic E-state index is 13.0. The van der Waals surface area contributed by atoms with E-state index >= 15 is 0 Å². The zero-order valence-electron chi connectivity index (χ0n) is 17.5. The van der Waals surface area contributed by atoms with Crippen LogP contribution in [0.2, 0.25) is 0 Å². The predicted molar refractivity (Wildman–Crippen MR) is 113 cm³/mol. The number of nitrogens with zero attached hydrogens (tertiary/aromatic N) is 2. The SMILES string of the molecule is CNS(=O)(=O)c1ccc(CNC(=O)c2nn(-c3cccc(C(F)(F)F)c3)c(C)cc2=O)cc1. The molecule has 3 rings (SSSR count). The molecule has 0 bridgehead atoms. The van der Waals surface area contributed by atoms with Gasteiger partial charge in [0.1, 0.15) is 0 Å². The second-order valence-electron chi connectivity index (χ2n) is 6.99. The van der Waals surface area contributed by atoms with E-state index in [-0.39, 0.29) is 22.8 Å². The number of halogens is 3. The zero-order chi connectivity index (χ0) is 24.4. The Kier molecular flexibility index (Phi) is 6.70. The highest BCUT2D eigenvalue weighted by Gasteiger charge is 2.30. The summed E-state index contributed by atoms with van der Waals surface area (Å²) < 4.78 is 65.9. The molecule has 0 radical (unpaired) electrons. The number of rotatable bonds is 6. The summed E-state index contributed by atoms with van der Waals surface area (Å²) in [6, 6.07) is 11.2. The topological polar surface area (TPSA) is 110 Å². The van der Waals surface area contributed by atoms with Crippen LogP contribution in [0.1, 0.15) is 27.3 Å². The van der Waals surface area contributed by atoms with Crippen molar-refractivity contribution in [1.29, 1.82) is 0 Å². The number of sulfonamides is 1. The number of nitrogens with one attached hydrogen (secondary N) is 2. The Morgan fingerprint density at radius 1 is 1.09 bits per heavy atom. The summed E-state index contributed by atoms with van der Waals surface area (Å²) in [6.45, 7) is 1.45. The average Bonchev–Trinajstić information content (AvgIpc) is 2.77. The Balaban J connectivity index is 1.84. The molecule has 174 valence electrons. The van der Waals surface area contributed by atoms with Gasteiger partial charge in [0.15, 0.2) is 5.69 Å². The molecule has 0 aliphatic rings. The Bertz CT molecular complexity index is 1350. The molecule has 1 amide bonds. The van der Waals surface area contributed by atoms with E-state index in [1.165, 1.54) is 50.4 Å². The third-order valence-electron chi connectivity index (χ3n) is 4.70. The normalized spacial score (nSPS) is 11.9. The lowest BCUT2D eigenvalue weighted by atomic mass is 10.2. The van der Waals surface area contributed by atoms with E-state index in [4.69, 9.17) is 0 Å². The first-order chi connectivity index (χ1) is 15.4. The molecule has 8 nitrogen and oxygen atoms in total. The summed E-state index contributed by atoms with van der Waals surface area (Å²) in [5.41, 5.74) is -1.23. The van der Waals surface area contributed by atoms with Crippen molar-refractivity contribution in [3.63, 3.8) is 0 Å². The summed E-state index contributed by atoms with van der Waals surface area (Å²) in [7, 11) is -2.32. The van der Waals surface area contributed by atoms with Crippen LogP contribution in [0.3, 0.4) is 0 Å². The first-order valence-electron chi connectivity index (χ1n) is 9.51. The molecule has 0 aliphatic heterocycles. The largest absolute Gasteiger partial charge is 0.416 e. The van der Waals surface area contributed by atoms with Crippen molar-refractivity contribution in [3.8, 4) is 5.69 Å². The van der Waals surface area contributed by atoms with Gasteiger partial charge in [-0.3, -0.25) is 9.59 Å². The summed E-state index contributed by atoms with van der Waals surface area (Å²) in [6.07, 6.45) is -4.56. The van der Waals surface area contributed by atoms with Gasteiger partial charge in [-0.1, -0.05) is 18.2 Å². The molecule has 3 aromatic rings. The van der Waals surface area contributed by atoms with Gasteiger partial charge in [-0.15, -0.1) is 0 Å². The minimum Gasteiger partial charge on any atom is -0.346 e. The molecular weight excluding hydrogens is 461 g/mol. The van der Waals surface area contributed by atoms with Crippen molar-refractivity contribution >= 4 is 15.9 Å². The molecule has 1 heterocycles. The molecule has 0 unspecified atom stereocenters. The number of hydrogen-bond acceptors (Lipinski definition) is 5. The molecule has 0 atom stereocenters. The van der Waals surface area contributed by atoms with Gasteiger partial charge in [-0.05, 0) is 49.9 Å². The molecule has 0 spiro atoms. The van der Waals surface area contributed by atoms with Crippen LogP contribution in [-0.4, -0.2) is 31.2 Å². The summed E-state index contributed by atoms with van der Waals surface area (Å²) >= 11 is 0. The maximum Gasteiger partial charge on any atom is 0.416 e. The molecule has 2 N–H and O–H groups in total. The highest BCUT2D eigenvalue weighted by molar-refractivity contribution is 7.89. The van der Waals surface area contributed by atoms with E-state index in [1.54, 1.807) is 0 Å². The lowest BCUT2D eigenvalue weighted by Crippen LogP contribution is -2.31. The number of amides is 1. The third kappa shape index (κ3) is 5.46. The van der Waals surface area contributed by atoms with Crippen molar-refractivity contribution < 1.29 is 26.4 Å². The molecule has 0 aliphatic carbocycles. The van der Waals surface area contributed by atoms with Gasteiger partial charge in [0.2, 0.25) is 15.5 Å². The minimum absolute atomic E-state index is 0.0305. The van der Waals surface area contributed by atoms with Crippen molar-refractivity contribution in [1.82, 2.24) is 19.8 Å². The van der Waals surface area contributed by atoms with E-state index in [2.05, 4.69) is 15.1 Å². The van der Waals surface area contributed by atoms with Gasteiger partial charge in [0, 0.05) is 18.3 Å². The lowest BCUT2D eigenvalue weighted by Gasteiger charge is -2.13. The maximum atomic E-state index is 13.0. The van der Waals surface area contributed by atoms with Gasteiger partial charge < -0.3 is 5.32 Å². The first-order valence-corrected chi connectivity index (χ1v) is 11.0. The van der Waals surface area contributed by atoms with Gasteiger partial charge in [0.25, 0.3) is 5.91 Å². The van der Waals surface area contributed by atoms with Crippen LogP contribution in [-0.2, 0) is 22.7 Å². The Morgan fingerprint density at radius 3 is 2.36 bits per heavy atom. The minimum atomic E-state index is -4.56. The summed E-state index contributed by atoms with van der Waals surface area (Å²) in [4.78, 5) is 24.9. The monoisotopic (exact) mass is 480 g/mol. The molecule has 0 saturated carbocycles. The van der Waals surface area contributed by atoms with Crippen molar-refractivity contribution in [2.24, 2.45) is 0 Å². The average molecular weight is 480 g/mol. The van der Waals surface area contributed by atoms with Crippen LogP contribution < -0.4 is 15.5 Å². The van der Waals surface area contributed by atoms with Crippen molar-refractivity contribution in [3.05, 3.63) is 87.3 Å².